The Balaban J connectivity index is 1.29. The van der Waals surface area contributed by atoms with Gasteiger partial charge >= 0.3 is 0 Å². The number of nitrogens with one attached hydrogen (secondary N) is 1. The van der Waals surface area contributed by atoms with Crippen LogP contribution in [0.4, 0.5) is 11.4 Å². The first kappa shape index (κ1) is 37.8. The van der Waals surface area contributed by atoms with Gasteiger partial charge < -0.3 is 19.9 Å². The zero-order valence-corrected chi connectivity index (χ0v) is 32.9. The van der Waals surface area contributed by atoms with Crippen LogP contribution in [-0.2, 0) is 20.4 Å². The maximum absolute atomic E-state index is 12.2. The fourth-order valence-electron chi connectivity index (χ4n) is 8.83. The van der Waals surface area contributed by atoms with Gasteiger partial charge in [0.15, 0.2) is 13.1 Å². The lowest BCUT2D eigenvalue weighted by Crippen LogP contribution is -2.43. The normalized spacial score (nSPS) is 22.9. The van der Waals surface area contributed by atoms with Crippen LogP contribution < -0.4 is 15.1 Å². The monoisotopic (exact) mass is 704 g/mol. The molecule has 7 heteroatoms. The van der Waals surface area contributed by atoms with Gasteiger partial charge in [0.1, 0.15) is 0 Å². The summed E-state index contributed by atoms with van der Waals surface area (Å²) in [5.74, 6) is 0.116. The van der Waals surface area contributed by atoms with E-state index >= 15 is 0 Å². The SMILES string of the molecule is COCCNC(=O)CCCCCN1/C(=C/C=C2\CCC/C(=C\C=C3\N(C)c4ccccc4C3(C)C)C2=[N+]2CCN(C)CC2)C(C)(C)c2ccccc21. The van der Waals surface area contributed by atoms with E-state index in [2.05, 4.69) is 139 Å². The number of para-hydroxylation sites is 2. The third kappa shape index (κ3) is 7.86. The van der Waals surface area contributed by atoms with Crippen LogP contribution in [0.25, 0.3) is 0 Å². The molecule has 2 aromatic rings. The molecule has 1 aliphatic carbocycles. The molecule has 0 unspecified atom stereocenters. The summed E-state index contributed by atoms with van der Waals surface area (Å²) in [4.78, 5) is 19.6. The van der Waals surface area contributed by atoms with Gasteiger partial charge in [0.25, 0.3) is 0 Å². The molecule has 4 aliphatic rings. The quantitative estimate of drug-likeness (QED) is 0.192. The Kier molecular flexibility index (Phi) is 11.9. The maximum Gasteiger partial charge on any atom is 0.220 e. The van der Waals surface area contributed by atoms with Gasteiger partial charge in [-0.3, -0.25) is 9.69 Å². The molecule has 6 rings (SSSR count). The second-order valence-corrected chi connectivity index (χ2v) is 16.1. The molecule has 1 saturated carbocycles. The molecule has 3 heterocycles. The van der Waals surface area contributed by atoms with Crippen molar-refractivity contribution >= 4 is 23.0 Å². The van der Waals surface area contributed by atoms with Crippen molar-refractivity contribution in [2.24, 2.45) is 0 Å². The molecule has 0 atom stereocenters. The number of hydrogen-bond donors (Lipinski definition) is 1. The number of rotatable bonds is 11. The molecule has 1 N–H and O–H groups in total. The van der Waals surface area contributed by atoms with Gasteiger partial charge in [0.05, 0.1) is 19.7 Å². The first-order chi connectivity index (χ1) is 25.0. The third-order valence-corrected chi connectivity index (χ3v) is 11.9. The average molecular weight is 705 g/mol. The minimum absolute atomic E-state index is 0.0445. The van der Waals surface area contributed by atoms with Crippen LogP contribution in [0.1, 0.15) is 83.8 Å². The molecular formula is C45H62N5O2+. The van der Waals surface area contributed by atoms with E-state index in [0.29, 0.717) is 19.6 Å². The van der Waals surface area contributed by atoms with Gasteiger partial charge in [-0.1, -0.05) is 82.7 Å². The van der Waals surface area contributed by atoms with Gasteiger partial charge in [-0.15, -0.1) is 0 Å². The van der Waals surface area contributed by atoms with Crippen molar-refractivity contribution in [3.8, 4) is 0 Å². The Bertz CT molecular complexity index is 1770. The van der Waals surface area contributed by atoms with Gasteiger partial charge in [-0.2, -0.15) is 0 Å². The van der Waals surface area contributed by atoms with E-state index in [-0.39, 0.29) is 16.7 Å². The highest BCUT2D eigenvalue weighted by Crippen LogP contribution is 2.48. The molecule has 7 nitrogen and oxygen atoms in total. The molecular weight excluding hydrogens is 643 g/mol. The van der Waals surface area contributed by atoms with Gasteiger partial charge in [0.2, 0.25) is 11.6 Å². The van der Waals surface area contributed by atoms with Crippen molar-refractivity contribution in [3.63, 3.8) is 0 Å². The molecule has 0 radical (unpaired) electrons. The minimum Gasteiger partial charge on any atom is -0.383 e. The van der Waals surface area contributed by atoms with Gasteiger partial charge in [0, 0.05) is 78.4 Å². The molecule has 0 bridgehead atoms. The summed E-state index contributed by atoms with van der Waals surface area (Å²) in [5, 5.41) is 2.95. The minimum atomic E-state index is -0.103. The number of likely N-dealkylation sites (N-methyl/N-ethyl adjacent to an activating group) is 2. The Hall–Kier alpha value is -3.94. The number of carbonyl (C=O) groups is 1. The van der Waals surface area contributed by atoms with Crippen LogP contribution in [0.2, 0.25) is 0 Å². The Morgan fingerprint density at radius 3 is 2.06 bits per heavy atom. The van der Waals surface area contributed by atoms with Crippen molar-refractivity contribution < 1.29 is 14.1 Å². The number of carbonyl (C=O) groups excluding carboxylic acids is 1. The summed E-state index contributed by atoms with van der Waals surface area (Å²) in [5.41, 5.74) is 12.4. The van der Waals surface area contributed by atoms with Crippen LogP contribution >= 0.6 is 0 Å². The zero-order chi connectivity index (χ0) is 36.9. The Labute approximate surface area is 313 Å². The second-order valence-electron chi connectivity index (χ2n) is 16.1. The maximum atomic E-state index is 12.2. The van der Waals surface area contributed by atoms with E-state index in [1.54, 1.807) is 7.11 Å². The number of nitrogens with zero attached hydrogens (tertiary/aromatic N) is 4. The summed E-state index contributed by atoms with van der Waals surface area (Å²) in [7, 11) is 6.12. The van der Waals surface area contributed by atoms with E-state index < -0.39 is 0 Å². The fraction of sp³-hybridized carbons (Fsp3) is 0.511. The summed E-state index contributed by atoms with van der Waals surface area (Å²) in [6.45, 7) is 15.8. The molecule has 1 amide bonds. The lowest BCUT2D eigenvalue weighted by Gasteiger charge is -2.28. The summed E-state index contributed by atoms with van der Waals surface area (Å²) in [6.07, 6.45) is 16.7. The number of piperazine rings is 1. The van der Waals surface area contributed by atoms with Crippen molar-refractivity contribution in [2.45, 2.75) is 83.5 Å². The number of anilines is 2. The number of allylic oxidation sites excluding steroid dienone is 8. The topological polar surface area (TPSA) is 51.1 Å². The van der Waals surface area contributed by atoms with E-state index in [9.17, 15) is 4.79 Å². The molecule has 52 heavy (non-hydrogen) atoms. The standard InChI is InChI=1S/C45H61N5O2/c1-44(2)36-18-10-12-20-38(36)48(6)40(44)25-23-34-16-15-17-35(43(34)49-31-29-47(5)30-32-49)24-26-41-45(3,4)37-19-11-13-21-39(37)50(41)28-14-8-9-22-42(51)46-27-33-52-7/h10-13,18-21,23-26H,8-9,14-17,22,27-33H2,1-7H3/p+1. The van der Waals surface area contributed by atoms with E-state index in [4.69, 9.17) is 4.74 Å². The highest BCUT2D eigenvalue weighted by molar-refractivity contribution is 6.10. The number of benzene rings is 2. The van der Waals surface area contributed by atoms with Crippen molar-refractivity contribution in [1.29, 1.82) is 0 Å². The fourth-order valence-corrected chi connectivity index (χ4v) is 8.83. The molecule has 1 saturated heterocycles. The molecule has 278 valence electrons. The summed E-state index contributed by atoms with van der Waals surface area (Å²) < 4.78 is 7.73. The smallest absolute Gasteiger partial charge is 0.220 e. The van der Waals surface area contributed by atoms with Crippen LogP contribution in [-0.4, -0.2) is 88.2 Å². The van der Waals surface area contributed by atoms with Crippen molar-refractivity contribution in [2.75, 3.05) is 76.9 Å². The average Bonchev–Trinajstić information content (AvgIpc) is 3.47. The zero-order valence-electron chi connectivity index (χ0n) is 32.9. The first-order valence-corrected chi connectivity index (χ1v) is 19.6. The van der Waals surface area contributed by atoms with E-state index in [0.717, 1.165) is 71.2 Å². The summed E-state index contributed by atoms with van der Waals surface area (Å²) in [6, 6.07) is 17.8. The first-order valence-electron chi connectivity index (χ1n) is 19.6. The highest BCUT2D eigenvalue weighted by Gasteiger charge is 2.40. The highest BCUT2D eigenvalue weighted by atomic mass is 16.5. The van der Waals surface area contributed by atoms with Crippen molar-refractivity contribution in [3.05, 3.63) is 107 Å². The Morgan fingerprint density at radius 1 is 0.808 bits per heavy atom. The Morgan fingerprint density at radius 2 is 1.40 bits per heavy atom. The number of amides is 1. The number of fused-ring (bicyclic) bond motifs is 2. The predicted molar refractivity (Wildman–Crippen MR) is 217 cm³/mol. The molecule has 2 aromatic carbocycles. The number of hydrogen-bond acceptors (Lipinski definition) is 5. The second kappa shape index (κ2) is 16.4. The van der Waals surface area contributed by atoms with E-state index in [1.807, 2.05) is 0 Å². The van der Waals surface area contributed by atoms with Gasteiger partial charge in [-0.05, 0) is 74.6 Å². The molecule has 0 aromatic heterocycles. The number of unbranched alkanes of at least 4 members (excludes halogenated alkanes) is 2. The third-order valence-electron chi connectivity index (χ3n) is 11.9. The van der Waals surface area contributed by atoms with Crippen LogP contribution in [0.5, 0.6) is 0 Å². The van der Waals surface area contributed by atoms with E-state index in [1.165, 1.54) is 50.8 Å². The molecule has 0 spiro atoms. The number of ether oxygens (including phenoxy) is 1. The van der Waals surface area contributed by atoms with Crippen LogP contribution in [0.3, 0.4) is 0 Å². The summed E-state index contributed by atoms with van der Waals surface area (Å²) >= 11 is 0. The molecule has 3 aliphatic heterocycles. The largest absolute Gasteiger partial charge is 0.383 e. The molecule has 2 fully saturated rings. The lowest BCUT2D eigenvalue weighted by atomic mass is 9.82. The van der Waals surface area contributed by atoms with Crippen LogP contribution in [0.15, 0.2) is 95.4 Å². The lowest BCUT2D eigenvalue weighted by molar-refractivity contribution is -0.538. The number of methoxy groups -OCH3 is 1. The predicted octanol–water partition coefficient (Wildman–Crippen LogP) is 7.74. The van der Waals surface area contributed by atoms with Crippen molar-refractivity contribution in [1.82, 2.24) is 10.2 Å². The van der Waals surface area contributed by atoms with Gasteiger partial charge in [-0.25, -0.2) is 4.58 Å². The van der Waals surface area contributed by atoms with Crippen LogP contribution in [0, 0.1) is 0 Å².